The van der Waals surface area contributed by atoms with Gasteiger partial charge in [-0.05, 0) is 32.7 Å². The van der Waals surface area contributed by atoms with Crippen molar-refractivity contribution in [1.29, 1.82) is 0 Å². The van der Waals surface area contributed by atoms with Crippen molar-refractivity contribution >= 4 is 5.82 Å². The Bertz CT molecular complexity index is 402. The third-order valence-electron chi connectivity index (χ3n) is 3.72. The normalized spacial score (nSPS) is 20.4. The van der Waals surface area contributed by atoms with Gasteiger partial charge < -0.3 is 15.4 Å². The Morgan fingerprint density at radius 2 is 2.28 bits per heavy atom. The van der Waals surface area contributed by atoms with E-state index in [1.807, 2.05) is 11.7 Å². The summed E-state index contributed by atoms with van der Waals surface area (Å²) in [5.74, 6) is 1.22. The van der Waals surface area contributed by atoms with Crippen LogP contribution in [0.3, 0.4) is 0 Å². The van der Waals surface area contributed by atoms with E-state index in [1.165, 1.54) is 17.8 Å². The van der Waals surface area contributed by atoms with E-state index in [0.717, 1.165) is 31.6 Å². The summed E-state index contributed by atoms with van der Waals surface area (Å²) in [6.45, 7) is 4.76. The first-order valence-corrected chi connectivity index (χ1v) is 6.67. The molecular weight excluding hydrogens is 228 g/mol. The Morgan fingerprint density at radius 1 is 1.50 bits per heavy atom. The molecule has 0 aliphatic carbocycles. The topological polar surface area (TPSA) is 56.3 Å². The lowest BCUT2D eigenvalue weighted by atomic mass is 10.1. The summed E-state index contributed by atoms with van der Waals surface area (Å²) in [5, 5.41) is 4.53. The highest BCUT2D eigenvalue weighted by molar-refractivity contribution is 5.51. The predicted octanol–water partition coefficient (Wildman–Crippen LogP) is 0.845. The van der Waals surface area contributed by atoms with Crippen molar-refractivity contribution in [2.75, 3.05) is 31.6 Å². The fraction of sp³-hybridized carbons (Fsp3) is 0.769. The number of piperidine rings is 1. The molecule has 0 spiro atoms. The number of anilines is 1. The van der Waals surface area contributed by atoms with E-state index in [2.05, 4.69) is 16.9 Å². The monoisotopic (exact) mass is 252 g/mol. The molecule has 1 saturated heterocycles. The van der Waals surface area contributed by atoms with E-state index in [-0.39, 0.29) is 0 Å². The van der Waals surface area contributed by atoms with Crippen LogP contribution in [0.25, 0.3) is 0 Å². The van der Waals surface area contributed by atoms with Gasteiger partial charge in [0, 0.05) is 32.8 Å². The Hall–Kier alpha value is -1.07. The van der Waals surface area contributed by atoms with Crippen molar-refractivity contribution in [2.45, 2.75) is 32.3 Å². The summed E-state index contributed by atoms with van der Waals surface area (Å²) in [6, 6.07) is 0. The molecule has 18 heavy (non-hydrogen) atoms. The van der Waals surface area contributed by atoms with Crippen LogP contribution in [0, 0.1) is 6.92 Å². The zero-order chi connectivity index (χ0) is 13.1. The standard InChI is InChI=1S/C13H24N4O/c1-10-12(6-7-14)13(16(2)15-10)17-8-4-5-11(9-17)18-3/h11H,4-9,14H2,1-3H3. The van der Waals surface area contributed by atoms with E-state index < -0.39 is 0 Å². The number of nitrogens with two attached hydrogens (primary N) is 1. The largest absolute Gasteiger partial charge is 0.380 e. The van der Waals surface area contributed by atoms with Gasteiger partial charge in [-0.25, -0.2) is 0 Å². The maximum atomic E-state index is 5.71. The van der Waals surface area contributed by atoms with Gasteiger partial charge >= 0.3 is 0 Å². The molecule has 2 N–H and O–H groups in total. The van der Waals surface area contributed by atoms with E-state index >= 15 is 0 Å². The van der Waals surface area contributed by atoms with Crippen LogP contribution in [0.5, 0.6) is 0 Å². The van der Waals surface area contributed by atoms with Crippen molar-refractivity contribution in [1.82, 2.24) is 9.78 Å². The second kappa shape index (κ2) is 5.71. The van der Waals surface area contributed by atoms with Crippen LogP contribution < -0.4 is 10.6 Å². The molecule has 2 heterocycles. The molecule has 0 radical (unpaired) electrons. The summed E-state index contributed by atoms with van der Waals surface area (Å²) in [7, 11) is 3.81. The summed E-state index contributed by atoms with van der Waals surface area (Å²) in [4.78, 5) is 2.39. The molecule has 1 aromatic rings. The van der Waals surface area contributed by atoms with Gasteiger partial charge in [0.2, 0.25) is 0 Å². The Morgan fingerprint density at radius 3 is 2.94 bits per heavy atom. The van der Waals surface area contributed by atoms with Crippen molar-refractivity contribution in [3.05, 3.63) is 11.3 Å². The summed E-state index contributed by atoms with van der Waals surface area (Å²) in [5.41, 5.74) is 8.09. The highest BCUT2D eigenvalue weighted by Crippen LogP contribution is 2.27. The number of methoxy groups -OCH3 is 1. The minimum Gasteiger partial charge on any atom is -0.380 e. The predicted molar refractivity (Wildman–Crippen MR) is 72.9 cm³/mol. The van der Waals surface area contributed by atoms with Crippen LogP contribution in [-0.4, -0.2) is 42.6 Å². The molecule has 102 valence electrons. The van der Waals surface area contributed by atoms with Gasteiger partial charge in [-0.15, -0.1) is 0 Å². The van der Waals surface area contributed by atoms with E-state index in [0.29, 0.717) is 12.6 Å². The van der Waals surface area contributed by atoms with Gasteiger partial charge in [0.15, 0.2) is 0 Å². The molecule has 2 rings (SSSR count). The third-order valence-corrected chi connectivity index (χ3v) is 3.72. The number of aryl methyl sites for hydroxylation is 2. The Balaban J connectivity index is 2.25. The van der Waals surface area contributed by atoms with Gasteiger partial charge in [0.25, 0.3) is 0 Å². The summed E-state index contributed by atoms with van der Waals surface area (Å²) >= 11 is 0. The summed E-state index contributed by atoms with van der Waals surface area (Å²) < 4.78 is 7.48. The lowest BCUT2D eigenvalue weighted by Crippen LogP contribution is -2.40. The minimum atomic E-state index is 0.333. The average molecular weight is 252 g/mol. The quantitative estimate of drug-likeness (QED) is 0.863. The van der Waals surface area contributed by atoms with Crippen LogP contribution in [0.15, 0.2) is 0 Å². The van der Waals surface area contributed by atoms with Crippen LogP contribution in [0.1, 0.15) is 24.1 Å². The number of aromatic nitrogens is 2. The third kappa shape index (κ3) is 2.52. The number of ether oxygens (including phenoxy) is 1. The molecule has 0 aromatic carbocycles. The highest BCUT2D eigenvalue weighted by Gasteiger charge is 2.25. The maximum absolute atomic E-state index is 5.71. The van der Waals surface area contributed by atoms with E-state index in [9.17, 15) is 0 Å². The second-order valence-electron chi connectivity index (χ2n) is 5.00. The molecule has 0 saturated carbocycles. The number of hydrogen-bond donors (Lipinski definition) is 1. The maximum Gasteiger partial charge on any atom is 0.130 e. The average Bonchev–Trinajstić information content (AvgIpc) is 2.65. The van der Waals surface area contributed by atoms with Crippen LogP contribution in [0.4, 0.5) is 5.82 Å². The molecule has 5 nitrogen and oxygen atoms in total. The molecule has 1 aliphatic rings. The SMILES string of the molecule is COC1CCCN(c2c(CCN)c(C)nn2C)C1. The van der Waals surface area contributed by atoms with Crippen molar-refractivity contribution in [2.24, 2.45) is 12.8 Å². The molecule has 0 amide bonds. The zero-order valence-corrected chi connectivity index (χ0v) is 11.6. The smallest absolute Gasteiger partial charge is 0.130 e. The van der Waals surface area contributed by atoms with Crippen molar-refractivity contribution in [3.63, 3.8) is 0 Å². The highest BCUT2D eigenvalue weighted by atomic mass is 16.5. The van der Waals surface area contributed by atoms with E-state index in [4.69, 9.17) is 10.5 Å². The van der Waals surface area contributed by atoms with Crippen LogP contribution in [-0.2, 0) is 18.2 Å². The zero-order valence-electron chi connectivity index (χ0n) is 11.6. The molecule has 1 unspecified atom stereocenters. The second-order valence-corrected chi connectivity index (χ2v) is 5.00. The van der Waals surface area contributed by atoms with Gasteiger partial charge in [0.05, 0.1) is 11.8 Å². The molecular formula is C13H24N4O. The fourth-order valence-corrected chi connectivity index (χ4v) is 2.85. The number of nitrogens with zero attached hydrogens (tertiary/aromatic N) is 3. The van der Waals surface area contributed by atoms with Crippen LogP contribution >= 0.6 is 0 Å². The molecule has 5 heteroatoms. The first-order chi connectivity index (χ1) is 8.67. The minimum absolute atomic E-state index is 0.333. The van der Waals surface area contributed by atoms with Crippen LogP contribution in [0.2, 0.25) is 0 Å². The first kappa shape index (κ1) is 13.4. The number of rotatable bonds is 4. The summed E-state index contributed by atoms with van der Waals surface area (Å²) in [6.07, 6.45) is 3.55. The van der Waals surface area contributed by atoms with Gasteiger partial charge in [0.1, 0.15) is 5.82 Å². The van der Waals surface area contributed by atoms with Crippen molar-refractivity contribution < 1.29 is 4.74 Å². The molecule has 1 aromatic heterocycles. The molecule has 0 bridgehead atoms. The molecule has 1 fully saturated rings. The fourth-order valence-electron chi connectivity index (χ4n) is 2.85. The molecule has 1 atom stereocenters. The number of hydrogen-bond acceptors (Lipinski definition) is 4. The Kier molecular flexibility index (Phi) is 4.24. The molecule has 1 aliphatic heterocycles. The Labute approximate surface area is 109 Å². The van der Waals surface area contributed by atoms with Gasteiger partial charge in [-0.1, -0.05) is 0 Å². The van der Waals surface area contributed by atoms with Gasteiger partial charge in [-0.2, -0.15) is 5.10 Å². The first-order valence-electron chi connectivity index (χ1n) is 6.67. The van der Waals surface area contributed by atoms with Crippen molar-refractivity contribution in [3.8, 4) is 0 Å². The van der Waals surface area contributed by atoms with E-state index in [1.54, 1.807) is 7.11 Å². The lowest BCUT2D eigenvalue weighted by molar-refractivity contribution is 0.0889. The lowest BCUT2D eigenvalue weighted by Gasteiger charge is -2.34. The van der Waals surface area contributed by atoms with Gasteiger partial charge in [-0.3, -0.25) is 4.68 Å².